The summed E-state index contributed by atoms with van der Waals surface area (Å²) in [6.45, 7) is -0.0878. The smallest absolute Gasteiger partial charge is 0.253 e. The number of aliphatic hydroxyl groups is 2. The maximum absolute atomic E-state index is 11.1. The lowest BCUT2D eigenvalue weighted by Gasteiger charge is -2.14. The maximum Gasteiger partial charge on any atom is 0.253 e. The first kappa shape index (κ1) is 9.91. The van der Waals surface area contributed by atoms with Crippen LogP contribution >= 0.6 is 0 Å². The van der Waals surface area contributed by atoms with Gasteiger partial charge < -0.3 is 20.9 Å². The number of nitrogens with two attached hydrogens (primary N) is 1. The fraction of sp³-hybridized carbons (Fsp3) is 0.375. The van der Waals surface area contributed by atoms with Crippen LogP contribution in [0.4, 0.5) is 0 Å². The molecule has 1 heterocycles. The lowest BCUT2D eigenvalue weighted by Crippen LogP contribution is -2.30. The maximum atomic E-state index is 11.1. The number of aliphatic hydroxyl groups excluding tert-OH is 2. The Kier molecular flexibility index (Phi) is 3.18. The Morgan fingerprint density at radius 2 is 2.23 bits per heavy atom. The minimum Gasteiger partial charge on any atom is -0.389 e. The van der Waals surface area contributed by atoms with E-state index in [1.807, 2.05) is 0 Å². The minimum absolute atomic E-state index is 0.0878. The summed E-state index contributed by atoms with van der Waals surface area (Å²) in [5.41, 5.74) is 4.85. The van der Waals surface area contributed by atoms with E-state index in [-0.39, 0.29) is 12.1 Å². The summed E-state index contributed by atoms with van der Waals surface area (Å²) in [6, 6.07) is 3.02. The molecule has 0 aliphatic carbocycles. The zero-order valence-corrected chi connectivity index (χ0v) is 6.97. The van der Waals surface area contributed by atoms with E-state index < -0.39 is 17.8 Å². The third-order valence-electron chi connectivity index (χ3n) is 1.77. The Labute approximate surface area is 74.8 Å². The van der Waals surface area contributed by atoms with Gasteiger partial charge in [0.15, 0.2) is 0 Å². The summed E-state index contributed by atoms with van der Waals surface area (Å²) in [5.74, 6) is 0. The first-order valence-corrected chi connectivity index (χ1v) is 3.90. The molecule has 0 aromatic carbocycles. The third-order valence-corrected chi connectivity index (χ3v) is 1.77. The van der Waals surface area contributed by atoms with Gasteiger partial charge >= 0.3 is 0 Å². The number of hydrogen-bond acceptors (Lipinski definition) is 4. The Hall–Kier alpha value is -1.17. The Morgan fingerprint density at radius 3 is 2.77 bits per heavy atom. The van der Waals surface area contributed by atoms with Crippen molar-refractivity contribution in [2.24, 2.45) is 5.73 Å². The van der Waals surface area contributed by atoms with E-state index in [0.29, 0.717) is 0 Å². The second kappa shape index (κ2) is 4.18. The largest absolute Gasteiger partial charge is 0.389 e. The van der Waals surface area contributed by atoms with Crippen LogP contribution < -0.4 is 11.3 Å². The van der Waals surface area contributed by atoms with Crippen molar-refractivity contribution in [3.05, 3.63) is 34.2 Å². The van der Waals surface area contributed by atoms with Gasteiger partial charge in [0.25, 0.3) is 5.56 Å². The molecular weight excluding hydrogens is 172 g/mol. The van der Waals surface area contributed by atoms with Crippen LogP contribution in [0.15, 0.2) is 23.1 Å². The van der Waals surface area contributed by atoms with Gasteiger partial charge in [0.1, 0.15) is 6.10 Å². The predicted molar refractivity (Wildman–Crippen MR) is 47.1 cm³/mol. The van der Waals surface area contributed by atoms with Crippen molar-refractivity contribution in [1.29, 1.82) is 0 Å². The lowest BCUT2D eigenvalue weighted by molar-refractivity contribution is 0.0235. The molecule has 0 saturated heterocycles. The number of aromatic amines is 1. The molecule has 72 valence electrons. The van der Waals surface area contributed by atoms with Crippen LogP contribution in [-0.2, 0) is 0 Å². The molecular formula is C8H12N2O3. The first-order chi connectivity index (χ1) is 6.16. The minimum atomic E-state index is -1.23. The number of aromatic nitrogens is 1. The van der Waals surface area contributed by atoms with Gasteiger partial charge in [-0.3, -0.25) is 4.79 Å². The molecule has 0 aliphatic rings. The van der Waals surface area contributed by atoms with E-state index in [0.717, 1.165) is 0 Å². The Morgan fingerprint density at radius 1 is 1.54 bits per heavy atom. The van der Waals surface area contributed by atoms with Crippen molar-refractivity contribution in [3.63, 3.8) is 0 Å². The van der Waals surface area contributed by atoms with Crippen molar-refractivity contribution in [2.75, 3.05) is 6.54 Å². The van der Waals surface area contributed by atoms with Crippen molar-refractivity contribution in [1.82, 2.24) is 4.98 Å². The number of nitrogens with one attached hydrogen (secondary N) is 1. The molecule has 0 saturated carbocycles. The average molecular weight is 184 g/mol. The zero-order valence-electron chi connectivity index (χ0n) is 6.97. The summed E-state index contributed by atoms with van der Waals surface area (Å²) in [4.78, 5) is 13.5. The van der Waals surface area contributed by atoms with Crippen LogP contribution in [0.1, 0.15) is 11.7 Å². The summed E-state index contributed by atoms with van der Waals surface area (Å²) in [5, 5.41) is 18.6. The molecule has 2 unspecified atom stereocenters. The fourth-order valence-electron chi connectivity index (χ4n) is 1.00. The molecule has 5 nitrogen and oxygen atoms in total. The zero-order chi connectivity index (χ0) is 9.84. The molecule has 0 radical (unpaired) electrons. The highest BCUT2D eigenvalue weighted by molar-refractivity contribution is 5.13. The third kappa shape index (κ3) is 2.15. The highest BCUT2D eigenvalue weighted by atomic mass is 16.3. The van der Waals surface area contributed by atoms with Gasteiger partial charge in [-0.25, -0.2) is 0 Å². The summed E-state index contributed by atoms with van der Waals surface area (Å²) >= 11 is 0. The number of H-pyrrole nitrogens is 1. The second-order valence-electron chi connectivity index (χ2n) is 2.70. The van der Waals surface area contributed by atoms with E-state index in [4.69, 9.17) is 5.73 Å². The molecule has 0 bridgehead atoms. The van der Waals surface area contributed by atoms with E-state index in [9.17, 15) is 15.0 Å². The second-order valence-corrected chi connectivity index (χ2v) is 2.70. The van der Waals surface area contributed by atoms with E-state index in [1.54, 1.807) is 6.07 Å². The van der Waals surface area contributed by atoms with E-state index >= 15 is 0 Å². The van der Waals surface area contributed by atoms with Gasteiger partial charge in [0.2, 0.25) is 0 Å². The van der Waals surface area contributed by atoms with Gasteiger partial charge in [0.05, 0.1) is 6.10 Å². The first-order valence-electron chi connectivity index (χ1n) is 3.90. The van der Waals surface area contributed by atoms with Crippen LogP contribution in [0.2, 0.25) is 0 Å². The molecule has 5 heteroatoms. The standard InChI is InChI=1S/C8H12N2O3/c9-4-6(11)7(12)5-2-1-3-10-8(5)13/h1-3,6-7,11-12H,4,9H2,(H,10,13). The topological polar surface area (TPSA) is 99.3 Å². The predicted octanol–water partition coefficient (Wildman–Crippen LogP) is -1.27. The highest BCUT2D eigenvalue weighted by Gasteiger charge is 2.18. The summed E-state index contributed by atoms with van der Waals surface area (Å²) in [6.07, 6.45) is -0.883. The highest BCUT2D eigenvalue weighted by Crippen LogP contribution is 2.10. The Balaban J connectivity index is 2.95. The average Bonchev–Trinajstić information content (AvgIpc) is 2.16. The molecule has 2 atom stereocenters. The van der Waals surface area contributed by atoms with Crippen molar-refractivity contribution in [3.8, 4) is 0 Å². The van der Waals surface area contributed by atoms with Crippen LogP contribution in [0, 0.1) is 0 Å². The van der Waals surface area contributed by atoms with Gasteiger partial charge in [0, 0.05) is 18.3 Å². The van der Waals surface area contributed by atoms with Crippen LogP contribution in [0.3, 0.4) is 0 Å². The quantitative estimate of drug-likeness (QED) is 0.470. The van der Waals surface area contributed by atoms with Gasteiger partial charge in [-0.05, 0) is 12.1 Å². The SMILES string of the molecule is NCC(O)C(O)c1ccc[nH]c1=O. The van der Waals surface area contributed by atoms with E-state index in [1.165, 1.54) is 12.3 Å². The van der Waals surface area contributed by atoms with Gasteiger partial charge in [-0.15, -0.1) is 0 Å². The number of rotatable bonds is 3. The molecule has 0 fully saturated rings. The van der Waals surface area contributed by atoms with Crippen LogP contribution in [0.25, 0.3) is 0 Å². The molecule has 5 N–H and O–H groups in total. The molecule has 1 rings (SSSR count). The lowest BCUT2D eigenvalue weighted by atomic mass is 10.1. The molecule has 0 amide bonds. The van der Waals surface area contributed by atoms with Gasteiger partial charge in [-0.1, -0.05) is 0 Å². The van der Waals surface area contributed by atoms with Crippen molar-refractivity contribution >= 4 is 0 Å². The number of pyridine rings is 1. The summed E-state index contributed by atoms with van der Waals surface area (Å²) in [7, 11) is 0. The van der Waals surface area contributed by atoms with E-state index in [2.05, 4.69) is 4.98 Å². The van der Waals surface area contributed by atoms with Crippen molar-refractivity contribution < 1.29 is 10.2 Å². The molecule has 1 aromatic rings. The summed E-state index contributed by atoms with van der Waals surface area (Å²) < 4.78 is 0. The molecule has 0 spiro atoms. The fourth-order valence-corrected chi connectivity index (χ4v) is 1.00. The van der Waals surface area contributed by atoms with Gasteiger partial charge in [-0.2, -0.15) is 0 Å². The number of hydrogen-bond donors (Lipinski definition) is 4. The Bertz CT molecular complexity index is 323. The van der Waals surface area contributed by atoms with Crippen molar-refractivity contribution in [2.45, 2.75) is 12.2 Å². The molecule has 13 heavy (non-hydrogen) atoms. The molecule has 0 aliphatic heterocycles. The van der Waals surface area contributed by atoms with Crippen LogP contribution in [0.5, 0.6) is 0 Å². The molecule has 1 aromatic heterocycles. The normalized spacial score (nSPS) is 15.3. The monoisotopic (exact) mass is 184 g/mol. The van der Waals surface area contributed by atoms with Crippen LogP contribution in [-0.4, -0.2) is 27.8 Å².